The number of benzene rings is 3. The normalized spacial score (nSPS) is 16.8. The third-order valence-corrected chi connectivity index (χ3v) is 9.15. The summed E-state index contributed by atoms with van der Waals surface area (Å²) in [6.45, 7) is 3.66. The second kappa shape index (κ2) is 13.2. The molecule has 8 nitrogen and oxygen atoms in total. The predicted octanol–water partition coefficient (Wildman–Crippen LogP) is 5.57. The number of hydrogen-bond donors (Lipinski definition) is 3. The fraction of sp³-hybridized carbons (Fsp3) is 0.323. The number of nitrogens with one attached hydrogen (secondary N) is 3. The van der Waals surface area contributed by atoms with Crippen molar-refractivity contribution in [2.24, 2.45) is 0 Å². The van der Waals surface area contributed by atoms with E-state index in [0.29, 0.717) is 40.6 Å². The molecule has 1 amide bonds. The molecule has 0 radical (unpaired) electrons. The topological polar surface area (TPSA) is 99.8 Å². The summed E-state index contributed by atoms with van der Waals surface area (Å²) in [4.78, 5) is 15.9. The zero-order valence-electron chi connectivity index (χ0n) is 23.1. The Bertz CT molecular complexity index is 1540. The molecule has 0 bridgehead atoms. The number of sulfonamides is 1. The molecule has 0 aliphatic carbocycles. The Kier molecular flexibility index (Phi) is 9.42. The molecule has 0 spiro atoms. The predicted molar refractivity (Wildman–Crippen MR) is 164 cm³/mol. The molecule has 5 rings (SSSR count). The zero-order chi connectivity index (χ0) is 28.8. The first-order valence-electron chi connectivity index (χ1n) is 13.9. The number of methoxy groups -OCH3 is 1. The quantitative estimate of drug-likeness (QED) is 0.198. The van der Waals surface area contributed by atoms with Crippen molar-refractivity contribution < 1.29 is 17.9 Å². The first-order chi connectivity index (χ1) is 19.9. The SMILES string of the molecule is COCCCNS(=O)(=O)c1ccc2c(c1)/C(=C(/Nc1ccc(CN3CCCCC3)c(Cl)c1)c1ccccc1)C(=O)N2. The molecule has 1 fully saturated rings. The molecule has 2 heterocycles. The minimum Gasteiger partial charge on any atom is -0.385 e. The summed E-state index contributed by atoms with van der Waals surface area (Å²) in [5.74, 6) is -0.318. The second-order valence-electron chi connectivity index (χ2n) is 10.3. The summed E-state index contributed by atoms with van der Waals surface area (Å²) in [5.41, 5.74) is 4.55. The van der Waals surface area contributed by atoms with Crippen LogP contribution in [-0.4, -0.2) is 52.6 Å². The van der Waals surface area contributed by atoms with Gasteiger partial charge in [0.05, 0.1) is 16.2 Å². The van der Waals surface area contributed by atoms with E-state index in [1.807, 2.05) is 48.5 Å². The average molecular weight is 595 g/mol. The van der Waals surface area contributed by atoms with Crippen molar-refractivity contribution >= 4 is 50.2 Å². The van der Waals surface area contributed by atoms with Crippen LogP contribution in [0.5, 0.6) is 0 Å². The van der Waals surface area contributed by atoms with Crippen molar-refractivity contribution in [2.75, 3.05) is 44.0 Å². The van der Waals surface area contributed by atoms with E-state index >= 15 is 0 Å². The highest BCUT2D eigenvalue weighted by Gasteiger charge is 2.30. The van der Waals surface area contributed by atoms with E-state index in [0.717, 1.165) is 36.4 Å². The summed E-state index contributed by atoms with van der Waals surface area (Å²) in [5, 5.41) is 6.97. The monoisotopic (exact) mass is 594 g/mol. The van der Waals surface area contributed by atoms with Crippen LogP contribution in [0.2, 0.25) is 5.02 Å². The summed E-state index contributed by atoms with van der Waals surface area (Å²) < 4.78 is 33.7. The highest BCUT2D eigenvalue weighted by atomic mass is 35.5. The van der Waals surface area contributed by atoms with E-state index in [-0.39, 0.29) is 17.3 Å². The first-order valence-corrected chi connectivity index (χ1v) is 15.7. The Labute approximate surface area is 246 Å². The molecule has 41 heavy (non-hydrogen) atoms. The number of halogens is 1. The molecule has 1 saturated heterocycles. The van der Waals surface area contributed by atoms with Crippen LogP contribution in [0.4, 0.5) is 11.4 Å². The fourth-order valence-electron chi connectivity index (χ4n) is 5.21. The maximum atomic E-state index is 13.4. The Morgan fingerprint density at radius 3 is 2.54 bits per heavy atom. The van der Waals surface area contributed by atoms with Gasteiger partial charge in [-0.2, -0.15) is 0 Å². The van der Waals surface area contributed by atoms with E-state index in [1.54, 1.807) is 19.2 Å². The van der Waals surface area contributed by atoms with Gasteiger partial charge in [-0.05, 0) is 73.8 Å². The molecule has 0 atom stereocenters. The van der Waals surface area contributed by atoms with Crippen LogP contribution in [0.15, 0.2) is 71.6 Å². The summed E-state index contributed by atoms with van der Waals surface area (Å²) in [6.07, 6.45) is 4.25. The van der Waals surface area contributed by atoms with Gasteiger partial charge in [-0.3, -0.25) is 9.69 Å². The Morgan fingerprint density at radius 2 is 1.80 bits per heavy atom. The number of nitrogens with zero attached hydrogens (tertiary/aromatic N) is 1. The van der Waals surface area contributed by atoms with Crippen LogP contribution in [-0.2, 0) is 26.1 Å². The highest BCUT2D eigenvalue weighted by Crippen LogP contribution is 2.39. The van der Waals surface area contributed by atoms with E-state index in [9.17, 15) is 13.2 Å². The molecule has 0 aromatic heterocycles. The molecule has 0 saturated carbocycles. The molecule has 0 unspecified atom stereocenters. The van der Waals surface area contributed by atoms with Crippen molar-refractivity contribution in [3.05, 3.63) is 88.4 Å². The maximum absolute atomic E-state index is 13.4. The average Bonchev–Trinajstić information content (AvgIpc) is 3.31. The van der Waals surface area contributed by atoms with Crippen LogP contribution in [0.1, 0.15) is 42.4 Å². The smallest absolute Gasteiger partial charge is 0.258 e. The van der Waals surface area contributed by atoms with Crippen molar-refractivity contribution in [3.63, 3.8) is 0 Å². The van der Waals surface area contributed by atoms with Gasteiger partial charge >= 0.3 is 0 Å². The van der Waals surface area contributed by atoms with Crippen molar-refractivity contribution in [1.82, 2.24) is 9.62 Å². The van der Waals surface area contributed by atoms with E-state index in [2.05, 4.69) is 20.3 Å². The van der Waals surface area contributed by atoms with E-state index in [1.165, 1.54) is 25.3 Å². The van der Waals surface area contributed by atoms with Crippen LogP contribution < -0.4 is 15.4 Å². The molecule has 3 N–H and O–H groups in total. The number of likely N-dealkylation sites (tertiary alicyclic amines) is 1. The van der Waals surface area contributed by atoms with E-state index in [4.69, 9.17) is 16.3 Å². The van der Waals surface area contributed by atoms with Crippen LogP contribution in [0.25, 0.3) is 11.3 Å². The van der Waals surface area contributed by atoms with E-state index < -0.39 is 10.0 Å². The molecule has 10 heteroatoms. The number of piperidine rings is 1. The third-order valence-electron chi connectivity index (χ3n) is 7.34. The molecule has 3 aromatic rings. The summed E-state index contributed by atoms with van der Waals surface area (Å²) in [7, 11) is -2.21. The molecule has 2 aliphatic heterocycles. The highest BCUT2D eigenvalue weighted by molar-refractivity contribution is 7.89. The Balaban J connectivity index is 1.49. The number of hydrogen-bond acceptors (Lipinski definition) is 6. The molecular formula is C31H35ClN4O4S. The zero-order valence-corrected chi connectivity index (χ0v) is 24.7. The van der Waals surface area contributed by atoms with Gasteiger partial charge in [0.2, 0.25) is 10.0 Å². The molecule has 3 aromatic carbocycles. The van der Waals surface area contributed by atoms with Gasteiger partial charge in [-0.1, -0.05) is 54.4 Å². The number of amides is 1. The van der Waals surface area contributed by atoms with Gasteiger partial charge in [0.25, 0.3) is 5.91 Å². The van der Waals surface area contributed by atoms with Gasteiger partial charge in [0, 0.05) is 48.8 Å². The lowest BCUT2D eigenvalue weighted by molar-refractivity contribution is -0.110. The molecule has 2 aliphatic rings. The molecule has 216 valence electrons. The number of anilines is 2. The van der Waals surface area contributed by atoms with Gasteiger partial charge in [0.1, 0.15) is 0 Å². The first kappa shape index (κ1) is 29.3. The number of carbonyl (C=O) groups excluding carboxylic acids is 1. The van der Waals surface area contributed by atoms with Crippen molar-refractivity contribution in [2.45, 2.75) is 37.1 Å². The third kappa shape index (κ3) is 6.99. The number of ether oxygens (including phenoxy) is 1. The number of rotatable bonds is 11. The lowest BCUT2D eigenvalue weighted by Crippen LogP contribution is -2.29. The Morgan fingerprint density at radius 1 is 1.02 bits per heavy atom. The molecular weight excluding hydrogens is 560 g/mol. The van der Waals surface area contributed by atoms with Gasteiger partial charge < -0.3 is 15.4 Å². The van der Waals surface area contributed by atoms with Crippen LogP contribution in [0.3, 0.4) is 0 Å². The summed E-state index contributed by atoms with van der Waals surface area (Å²) >= 11 is 6.74. The van der Waals surface area contributed by atoms with Crippen molar-refractivity contribution in [1.29, 1.82) is 0 Å². The largest absolute Gasteiger partial charge is 0.385 e. The summed E-state index contributed by atoms with van der Waals surface area (Å²) in [6, 6.07) is 20.0. The van der Waals surface area contributed by atoms with Gasteiger partial charge in [-0.15, -0.1) is 0 Å². The standard InChI is InChI=1S/C31H35ClN4O4S/c1-40-18-8-15-33-41(38,39)25-13-14-28-26(20-25)29(31(37)35-28)30(22-9-4-2-5-10-22)34-24-12-11-23(27(32)19-24)21-36-16-6-3-7-17-36/h2,4-5,9-14,19-20,33-34H,3,6-8,15-18,21H2,1H3,(H,35,37)/b30-29-. The Hall–Kier alpha value is -3.21. The van der Waals surface area contributed by atoms with Crippen LogP contribution in [0, 0.1) is 0 Å². The van der Waals surface area contributed by atoms with Gasteiger partial charge in [0.15, 0.2) is 0 Å². The lowest BCUT2D eigenvalue weighted by Gasteiger charge is -2.27. The van der Waals surface area contributed by atoms with Gasteiger partial charge in [-0.25, -0.2) is 13.1 Å². The maximum Gasteiger partial charge on any atom is 0.258 e. The number of carbonyl (C=O) groups is 1. The fourth-order valence-corrected chi connectivity index (χ4v) is 6.55. The second-order valence-corrected chi connectivity index (χ2v) is 12.5. The van der Waals surface area contributed by atoms with Crippen molar-refractivity contribution in [3.8, 4) is 0 Å². The number of fused-ring (bicyclic) bond motifs is 1. The minimum atomic E-state index is -3.78. The minimum absolute atomic E-state index is 0.0835. The van der Waals surface area contributed by atoms with Crippen LogP contribution >= 0.6 is 11.6 Å². The lowest BCUT2D eigenvalue weighted by atomic mass is 10.00.